The van der Waals surface area contributed by atoms with Gasteiger partial charge in [-0.3, -0.25) is 14.9 Å². The minimum Gasteiger partial charge on any atom is -0.489 e. The van der Waals surface area contributed by atoms with Gasteiger partial charge in [0, 0.05) is 12.6 Å². The summed E-state index contributed by atoms with van der Waals surface area (Å²) < 4.78 is 5.77. The van der Waals surface area contributed by atoms with E-state index in [1.54, 1.807) is 6.07 Å². The molecule has 0 saturated carbocycles. The van der Waals surface area contributed by atoms with E-state index < -0.39 is 10.8 Å². The van der Waals surface area contributed by atoms with Gasteiger partial charge in [0.05, 0.1) is 4.92 Å². The van der Waals surface area contributed by atoms with E-state index in [1.165, 1.54) is 18.2 Å². The van der Waals surface area contributed by atoms with Crippen LogP contribution in [0.3, 0.4) is 0 Å². The normalized spacial score (nSPS) is 10.2. The summed E-state index contributed by atoms with van der Waals surface area (Å²) in [5, 5.41) is 13.8. The molecular formula is C21H18N2O4. The minimum absolute atomic E-state index is 0.0407. The SMILES string of the molecule is O=C(NCc1cccc(OCc2ccccc2)c1)c1ccccc1[N+](=O)[O-]. The van der Waals surface area contributed by atoms with E-state index in [0.717, 1.165) is 11.1 Å². The van der Waals surface area contributed by atoms with Crippen molar-refractivity contribution in [3.05, 3.63) is 106 Å². The van der Waals surface area contributed by atoms with Gasteiger partial charge in [-0.25, -0.2) is 0 Å². The van der Waals surface area contributed by atoms with Crippen molar-refractivity contribution in [2.45, 2.75) is 13.2 Å². The lowest BCUT2D eigenvalue weighted by molar-refractivity contribution is -0.385. The second-order valence-corrected chi connectivity index (χ2v) is 5.88. The molecule has 0 fully saturated rings. The molecule has 136 valence electrons. The lowest BCUT2D eigenvalue weighted by Gasteiger charge is -2.09. The highest BCUT2D eigenvalue weighted by atomic mass is 16.6. The molecule has 3 aromatic carbocycles. The smallest absolute Gasteiger partial charge is 0.282 e. The van der Waals surface area contributed by atoms with Crippen molar-refractivity contribution < 1.29 is 14.5 Å². The first-order valence-corrected chi connectivity index (χ1v) is 8.41. The predicted molar refractivity (Wildman–Crippen MR) is 101 cm³/mol. The van der Waals surface area contributed by atoms with Crippen molar-refractivity contribution in [2.75, 3.05) is 0 Å². The first-order chi connectivity index (χ1) is 13.1. The zero-order chi connectivity index (χ0) is 19.1. The number of ether oxygens (including phenoxy) is 1. The van der Waals surface area contributed by atoms with Gasteiger partial charge < -0.3 is 10.1 Å². The van der Waals surface area contributed by atoms with Crippen molar-refractivity contribution in [3.8, 4) is 5.75 Å². The van der Waals surface area contributed by atoms with E-state index in [0.29, 0.717) is 12.4 Å². The summed E-state index contributed by atoms with van der Waals surface area (Å²) >= 11 is 0. The number of benzene rings is 3. The average molecular weight is 362 g/mol. The summed E-state index contributed by atoms with van der Waals surface area (Å²) in [5.74, 6) is 0.203. The molecule has 0 aliphatic heterocycles. The van der Waals surface area contributed by atoms with Crippen LogP contribution in [-0.4, -0.2) is 10.8 Å². The number of nitrogens with zero attached hydrogens (tertiary/aromatic N) is 1. The van der Waals surface area contributed by atoms with Gasteiger partial charge in [0.15, 0.2) is 0 Å². The van der Waals surface area contributed by atoms with E-state index in [4.69, 9.17) is 4.74 Å². The number of nitro benzene ring substituents is 1. The molecule has 1 amide bonds. The second kappa shape index (κ2) is 8.62. The molecular weight excluding hydrogens is 344 g/mol. The molecule has 6 heteroatoms. The molecule has 0 unspecified atom stereocenters. The fourth-order valence-electron chi connectivity index (χ4n) is 2.59. The standard InChI is InChI=1S/C21H18N2O4/c24-21(19-11-4-5-12-20(19)23(25)26)22-14-17-9-6-10-18(13-17)27-15-16-7-2-1-3-8-16/h1-13H,14-15H2,(H,22,24). The number of hydrogen-bond acceptors (Lipinski definition) is 4. The molecule has 1 N–H and O–H groups in total. The molecule has 0 bridgehead atoms. The van der Waals surface area contributed by atoms with Crippen LogP contribution in [0.2, 0.25) is 0 Å². The van der Waals surface area contributed by atoms with Crippen LogP contribution in [0.15, 0.2) is 78.9 Å². The van der Waals surface area contributed by atoms with E-state index >= 15 is 0 Å². The van der Waals surface area contributed by atoms with E-state index in [-0.39, 0.29) is 17.8 Å². The second-order valence-electron chi connectivity index (χ2n) is 5.88. The number of rotatable bonds is 7. The van der Waals surface area contributed by atoms with Crippen LogP contribution in [0.25, 0.3) is 0 Å². The zero-order valence-electron chi connectivity index (χ0n) is 14.5. The topological polar surface area (TPSA) is 81.5 Å². The summed E-state index contributed by atoms with van der Waals surface area (Å²) in [6.07, 6.45) is 0. The number of hydrogen-bond donors (Lipinski definition) is 1. The van der Waals surface area contributed by atoms with Gasteiger partial charge in [-0.2, -0.15) is 0 Å². The first kappa shape index (κ1) is 18.1. The minimum atomic E-state index is -0.563. The molecule has 6 nitrogen and oxygen atoms in total. The molecule has 0 heterocycles. The van der Waals surface area contributed by atoms with Crippen LogP contribution in [-0.2, 0) is 13.2 Å². The lowest BCUT2D eigenvalue weighted by Crippen LogP contribution is -2.23. The van der Waals surface area contributed by atoms with Crippen LogP contribution in [0.1, 0.15) is 21.5 Å². The quantitative estimate of drug-likeness (QED) is 0.507. The highest BCUT2D eigenvalue weighted by molar-refractivity contribution is 5.98. The number of para-hydroxylation sites is 1. The maximum absolute atomic E-state index is 12.3. The fourth-order valence-corrected chi connectivity index (χ4v) is 2.59. The average Bonchev–Trinajstić information content (AvgIpc) is 2.71. The van der Waals surface area contributed by atoms with Crippen molar-refractivity contribution in [2.24, 2.45) is 0 Å². The van der Waals surface area contributed by atoms with Crippen molar-refractivity contribution in [1.82, 2.24) is 5.32 Å². The highest BCUT2D eigenvalue weighted by Gasteiger charge is 2.18. The molecule has 3 rings (SSSR count). The van der Waals surface area contributed by atoms with Gasteiger partial charge in [0.2, 0.25) is 0 Å². The summed E-state index contributed by atoms with van der Waals surface area (Å²) in [6, 6.07) is 23.1. The molecule has 0 aliphatic rings. The van der Waals surface area contributed by atoms with Gasteiger partial charge in [-0.1, -0.05) is 54.6 Å². The Morgan fingerprint density at radius 3 is 2.41 bits per heavy atom. The molecule has 0 spiro atoms. The molecule has 0 saturated heterocycles. The monoisotopic (exact) mass is 362 g/mol. The van der Waals surface area contributed by atoms with Crippen LogP contribution >= 0.6 is 0 Å². The molecule has 0 radical (unpaired) electrons. The molecule has 3 aromatic rings. The summed E-state index contributed by atoms with van der Waals surface area (Å²) in [7, 11) is 0. The Kier molecular flexibility index (Phi) is 5.79. The predicted octanol–water partition coefficient (Wildman–Crippen LogP) is 4.10. The third-order valence-corrected chi connectivity index (χ3v) is 3.95. The van der Waals surface area contributed by atoms with Crippen molar-refractivity contribution in [3.63, 3.8) is 0 Å². The third-order valence-electron chi connectivity index (χ3n) is 3.95. The maximum Gasteiger partial charge on any atom is 0.282 e. The highest BCUT2D eigenvalue weighted by Crippen LogP contribution is 2.18. The fraction of sp³-hybridized carbons (Fsp3) is 0.0952. The lowest BCUT2D eigenvalue weighted by atomic mass is 10.1. The number of carbonyl (C=O) groups is 1. The van der Waals surface area contributed by atoms with Crippen LogP contribution in [0.4, 0.5) is 5.69 Å². The van der Waals surface area contributed by atoms with Gasteiger partial charge in [0.25, 0.3) is 11.6 Å². The van der Waals surface area contributed by atoms with Gasteiger partial charge in [-0.05, 0) is 29.3 Å². The van der Waals surface area contributed by atoms with Gasteiger partial charge >= 0.3 is 0 Å². The van der Waals surface area contributed by atoms with Crippen molar-refractivity contribution >= 4 is 11.6 Å². The molecule has 0 aliphatic carbocycles. The zero-order valence-corrected chi connectivity index (χ0v) is 14.5. The number of carbonyl (C=O) groups excluding carboxylic acids is 1. The van der Waals surface area contributed by atoms with E-state index in [9.17, 15) is 14.9 Å². The van der Waals surface area contributed by atoms with Gasteiger partial charge in [0.1, 0.15) is 17.9 Å². The van der Waals surface area contributed by atoms with Crippen LogP contribution in [0.5, 0.6) is 5.75 Å². The Balaban J connectivity index is 1.61. The molecule has 27 heavy (non-hydrogen) atoms. The summed E-state index contributed by atoms with van der Waals surface area (Å²) in [5.41, 5.74) is 1.73. The largest absolute Gasteiger partial charge is 0.489 e. The Morgan fingerprint density at radius 1 is 0.926 bits per heavy atom. The molecule has 0 aromatic heterocycles. The summed E-state index contributed by atoms with van der Waals surface area (Å²) in [4.78, 5) is 22.8. The Labute approximate surface area is 156 Å². The summed E-state index contributed by atoms with van der Waals surface area (Å²) in [6.45, 7) is 0.695. The number of amides is 1. The number of nitrogens with one attached hydrogen (secondary N) is 1. The van der Waals surface area contributed by atoms with Crippen LogP contribution in [0, 0.1) is 10.1 Å². The third kappa shape index (κ3) is 4.92. The Hall–Kier alpha value is -3.67. The molecule has 0 atom stereocenters. The van der Waals surface area contributed by atoms with E-state index in [2.05, 4.69) is 5.32 Å². The van der Waals surface area contributed by atoms with Crippen molar-refractivity contribution in [1.29, 1.82) is 0 Å². The first-order valence-electron chi connectivity index (χ1n) is 8.41. The maximum atomic E-state index is 12.3. The van der Waals surface area contributed by atoms with Crippen LogP contribution < -0.4 is 10.1 Å². The van der Waals surface area contributed by atoms with Gasteiger partial charge in [-0.15, -0.1) is 0 Å². The Morgan fingerprint density at radius 2 is 1.63 bits per heavy atom. The Bertz CT molecular complexity index is 942. The number of nitro groups is 1. The van der Waals surface area contributed by atoms with E-state index in [1.807, 2.05) is 54.6 Å².